The average molecular weight is 661 g/mol. The van der Waals surface area contributed by atoms with Gasteiger partial charge in [0.25, 0.3) is 0 Å². The molecule has 8 N–H and O–H groups in total. The van der Waals surface area contributed by atoms with E-state index < -0.39 is 59.8 Å². The molecule has 0 bridgehead atoms. The Morgan fingerprint density at radius 1 is 0.771 bits per heavy atom. The minimum atomic E-state index is -1.13. The first-order valence-electron chi connectivity index (χ1n) is 15.1. The number of carbonyl (C=O) groups is 2. The average Bonchev–Trinajstić information content (AvgIpc) is 3.03. The molecule has 0 saturated heterocycles. The Bertz CT molecular complexity index is 1900. The van der Waals surface area contributed by atoms with Crippen LogP contribution in [0.25, 0.3) is 0 Å². The number of aliphatic hydroxyl groups is 1. The normalized spacial score (nSPS) is 18.9. The standard InChI is InChI=1S/C35H32O13/c36-19(5-1-16-2-6-22(37)26(41)9-16)12-31(44)47-30-13-21-25(40)15-29-33(35(21)48-34(30)18-4-8-24(39)28(43)11-18)20(14-32(45)46-29)17-3-7-23(38)27(42)10-17/h2-4,6-11,15,19-20,30,34,36-43H,1,5,12-14H2/t19-,20-,30+,34-/m1/s1. The summed E-state index contributed by atoms with van der Waals surface area (Å²) in [6.45, 7) is 0. The Labute approximate surface area is 273 Å². The number of benzene rings is 4. The molecular weight excluding hydrogens is 628 g/mol. The number of phenols is 7. The number of fused-ring (bicyclic) bond motifs is 3. The summed E-state index contributed by atoms with van der Waals surface area (Å²) in [6.07, 6.45) is -3.57. The van der Waals surface area contributed by atoms with Crippen molar-refractivity contribution < 1.29 is 64.7 Å². The summed E-state index contributed by atoms with van der Waals surface area (Å²) in [5, 5.41) is 81.2. The van der Waals surface area contributed by atoms with E-state index in [1.165, 1.54) is 54.6 Å². The van der Waals surface area contributed by atoms with Crippen LogP contribution >= 0.6 is 0 Å². The fraction of sp³-hybridized carbons (Fsp3) is 0.257. The van der Waals surface area contributed by atoms with E-state index in [4.69, 9.17) is 14.2 Å². The number of ether oxygens (including phenoxy) is 3. The number of phenolic OH excluding ortho intramolecular Hbond substituents is 7. The minimum Gasteiger partial charge on any atom is -0.507 e. The van der Waals surface area contributed by atoms with Gasteiger partial charge < -0.3 is 55.1 Å². The lowest BCUT2D eigenvalue weighted by molar-refractivity contribution is -0.157. The van der Waals surface area contributed by atoms with E-state index in [0.29, 0.717) is 28.7 Å². The topological polar surface area (TPSA) is 224 Å². The Hall–Kier alpha value is -5.82. The third kappa shape index (κ3) is 6.40. The zero-order chi connectivity index (χ0) is 34.3. The highest BCUT2D eigenvalue weighted by Crippen LogP contribution is 2.53. The van der Waals surface area contributed by atoms with Gasteiger partial charge in [-0.1, -0.05) is 18.2 Å². The van der Waals surface area contributed by atoms with Gasteiger partial charge >= 0.3 is 11.9 Å². The van der Waals surface area contributed by atoms with Crippen LogP contribution in [-0.4, -0.2) is 65.0 Å². The Kier molecular flexibility index (Phi) is 8.54. The molecule has 2 aliphatic rings. The predicted octanol–water partition coefficient (Wildman–Crippen LogP) is 4.04. The molecule has 0 radical (unpaired) electrons. The summed E-state index contributed by atoms with van der Waals surface area (Å²) in [6, 6.07) is 13.5. The number of rotatable bonds is 8. The second-order valence-electron chi connectivity index (χ2n) is 11.8. The zero-order valence-electron chi connectivity index (χ0n) is 25.2. The summed E-state index contributed by atoms with van der Waals surface area (Å²) in [4.78, 5) is 25.7. The number of aromatic hydroxyl groups is 7. The molecule has 0 amide bonds. The Morgan fingerprint density at radius 2 is 1.40 bits per heavy atom. The van der Waals surface area contributed by atoms with Crippen LogP contribution in [0.4, 0.5) is 0 Å². The van der Waals surface area contributed by atoms with Gasteiger partial charge in [-0.15, -0.1) is 0 Å². The molecule has 0 aromatic heterocycles. The van der Waals surface area contributed by atoms with Crippen molar-refractivity contribution in [1.82, 2.24) is 0 Å². The molecule has 13 nitrogen and oxygen atoms in total. The van der Waals surface area contributed by atoms with Crippen molar-refractivity contribution >= 4 is 11.9 Å². The fourth-order valence-electron chi connectivity index (χ4n) is 6.08. The van der Waals surface area contributed by atoms with Crippen molar-refractivity contribution in [3.8, 4) is 51.7 Å². The molecule has 0 spiro atoms. The van der Waals surface area contributed by atoms with E-state index in [-0.39, 0.29) is 59.3 Å². The van der Waals surface area contributed by atoms with E-state index in [1.54, 1.807) is 6.07 Å². The summed E-state index contributed by atoms with van der Waals surface area (Å²) in [7, 11) is 0. The lowest BCUT2D eigenvalue weighted by Gasteiger charge is -2.37. The van der Waals surface area contributed by atoms with Gasteiger partial charge in [0.1, 0.15) is 23.4 Å². The Balaban J connectivity index is 1.31. The van der Waals surface area contributed by atoms with Gasteiger partial charge in [0.15, 0.2) is 40.6 Å². The monoisotopic (exact) mass is 660 g/mol. The van der Waals surface area contributed by atoms with Crippen LogP contribution in [0, 0.1) is 0 Å². The second kappa shape index (κ2) is 12.8. The summed E-state index contributed by atoms with van der Waals surface area (Å²) in [5.74, 6) is -4.53. The molecule has 0 fully saturated rings. The molecular formula is C35H32O13. The maximum atomic E-state index is 13.1. The van der Waals surface area contributed by atoms with E-state index >= 15 is 0 Å². The molecule has 13 heteroatoms. The number of hydrogen-bond acceptors (Lipinski definition) is 13. The maximum absolute atomic E-state index is 13.1. The van der Waals surface area contributed by atoms with Gasteiger partial charge in [-0.3, -0.25) is 9.59 Å². The van der Waals surface area contributed by atoms with Crippen LogP contribution in [0.5, 0.6) is 51.7 Å². The maximum Gasteiger partial charge on any atom is 0.312 e. The van der Waals surface area contributed by atoms with Crippen LogP contribution in [-0.2, 0) is 27.2 Å². The quantitative estimate of drug-likeness (QED) is 0.0760. The van der Waals surface area contributed by atoms with Gasteiger partial charge in [0, 0.05) is 35.1 Å². The van der Waals surface area contributed by atoms with Gasteiger partial charge in [-0.05, 0) is 60.4 Å². The molecule has 48 heavy (non-hydrogen) atoms. The highest BCUT2D eigenvalue weighted by Gasteiger charge is 2.42. The van der Waals surface area contributed by atoms with Gasteiger partial charge in [-0.2, -0.15) is 0 Å². The molecule has 0 unspecified atom stereocenters. The van der Waals surface area contributed by atoms with Crippen LogP contribution in [0.15, 0.2) is 60.7 Å². The first-order chi connectivity index (χ1) is 22.9. The number of aliphatic hydroxyl groups excluding tert-OH is 1. The molecule has 0 aliphatic carbocycles. The lowest BCUT2D eigenvalue weighted by Crippen LogP contribution is -2.36. The molecule has 6 rings (SSSR count). The molecule has 4 atom stereocenters. The first-order valence-corrected chi connectivity index (χ1v) is 15.1. The van der Waals surface area contributed by atoms with Crippen LogP contribution < -0.4 is 9.47 Å². The minimum absolute atomic E-state index is 0.00730. The van der Waals surface area contributed by atoms with E-state index in [2.05, 4.69) is 0 Å². The third-order valence-corrected chi connectivity index (χ3v) is 8.51. The predicted molar refractivity (Wildman–Crippen MR) is 165 cm³/mol. The second-order valence-corrected chi connectivity index (χ2v) is 11.8. The van der Waals surface area contributed by atoms with Gasteiger partial charge in [0.05, 0.1) is 18.9 Å². The molecule has 250 valence electrons. The number of hydrogen-bond donors (Lipinski definition) is 8. The summed E-state index contributed by atoms with van der Waals surface area (Å²) in [5.41, 5.74) is 1.96. The van der Waals surface area contributed by atoms with Crippen LogP contribution in [0.2, 0.25) is 0 Å². The molecule has 4 aromatic rings. The summed E-state index contributed by atoms with van der Waals surface area (Å²) >= 11 is 0. The highest BCUT2D eigenvalue weighted by molar-refractivity contribution is 5.80. The largest absolute Gasteiger partial charge is 0.507 e. The molecule has 2 aliphatic heterocycles. The van der Waals surface area contributed by atoms with Crippen LogP contribution in [0.1, 0.15) is 59.1 Å². The number of esters is 2. The van der Waals surface area contributed by atoms with Crippen molar-refractivity contribution in [1.29, 1.82) is 0 Å². The number of aryl methyl sites for hydroxylation is 1. The van der Waals surface area contributed by atoms with E-state index in [0.717, 1.165) is 0 Å². The smallest absolute Gasteiger partial charge is 0.312 e. The van der Waals surface area contributed by atoms with Crippen molar-refractivity contribution in [3.63, 3.8) is 0 Å². The van der Waals surface area contributed by atoms with Crippen molar-refractivity contribution in [2.45, 2.75) is 56.3 Å². The fourth-order valence-corrected chi connectivity index (χ4v) is 6.08. The van der Waals surface area contributed by atoms with Crippen LogP contribution in [0.3, 0.4) is 0 Å². The highest BCUT2D eigenvalue weighted by atomic mass is 16.6. The first kappa shape index (κ1) is 32.1. The summed E-state index contributed by atoms with van der Waals surface area (Å²) < 4.78 is 17.7. The van der Waals surface area contributed by atoms with Crippen molar-refractivity contribution in [2.24, 2.45) is 0 Å². The van der Waals surface area contributed by atoms with E-state index in [1.807, 2.05) is 0 Å². The Morgan fingerprint density at radius 3 is 2.06 bits per heavy atom. The van der Waals surface area contributed by atoms with E-state index in [9.17, 15) is 50.4 Å². The molecule has 4 aromatic carbocycles. The van der Waals surface area contributed by atoms with Crippen molar-refractivity contribution in [3.05, 3.63) is 88.5 Å². The number of carbonyl (C=O) groups excluding carboxylic acids is 2. The van der Waals surface area contributed by atoms with Crippen molar-refractivity contribution in [2.75, 3.05) is 0 Å². The molecule has 2 heterocycles. The van der Waals surface area contributed by atoms with Gasteiger partial charge in [0.2, 0.25) is 0 Å². The third-order valence-electron chi connectivity index (χ3n) is 8.51. The SMILES string of the molecule is O=C1C[C@H](c2ccc(O)c(O)c2)c2c(cc(O)c3c2O[C@H](c2ccc(O)c(O)c2)[C@@H](OC(=O)C[C@H](O)CCc2ccc(O)c(O)c2)C3)O1. The van der Waals surface area contributed by atoms with Gasteiger partial charge in [-0.25, -0.2) is 0 Å². The zero-order valence-corrected chi connectivity index (χ0v) is 25.2. The lowest BCUT2D eigenvalue weighted by atomic mass is 9.82. The molecule has 0 saturated carbocycles.